The van der Waals surface area contributed by atoms with Gasteiger partial charge in [0.05, 0.1) is 7.11 Å². The molecular formula is C36H43N3O4. The molecule has 43 heavy (non-hydrogen) atoms. The average Bonchev–Trinajstić information content (AvgIpc) is 3.40. The Labute approximate surface area is 255 Å². The molecule has 0 saturated carbocycles. The molecule has 3 aromatic rings. The highest BCUT2D eigenvalue weighted by molar-refractivity contribution is 6.00. The predicted octanol–water partition coefficient (Wildman–Crippen LogP) is 5.47. The zero-order valence-electron chi connectivity index (χ0n) is 26.0. The van der Waals surface area contributed by atoms with Gasteiger partial charge in [0.1, 0.15) is 23.9 Å². The van der Waals surface area contributed by atoms with Crippen LogP contribution in [0.1, 0.15) is 63.8 Å². The lowest BCUT2D eigenvalue weighted by atomic mass is 9.87. The molecule has 3 aromatic carbocycles. The molecule has 0 radical (unpaired) electrons. The monoisotopic (exact) mass is 581 g/mol. The first-order valence-electron chi connectivity index (χ1n) is 15.2. The van der Waals surface area contributed by atoms with E-state index in [1.807, 2.05) is 95.3 Å². The van der Waals surface area contributed by atoms with Crippen molar-refractivity contribution in [1.29, 1.82) is 0 Å². The van der Waals surface area contributed by atoms with Crippen molar-refractivity contribution in [3.05, 3.63) is 89.5 Å². The van der Waals surface area contributed by atoms with E-state index in [0.29, 0.717) is 24.8 Å². The van der Waals surface area contributed by atoms with Crippen molar-refractivity contribution < 1.29 is 19.1 Å². The lowest BCUT2D eigenvalue weighted by Gasteiger charge is -2.45. The summed E-state index contributed by atoms with van der Waals surface area (Å²) < 4.78 is 5.29. The summed E-state index contributed by atoms with van der Waals surface area (Å²) >= 11 is 0. The van der Waals surface area contributed by atoms with Gasteiger partial charge in [-0.1, -0.05) is 74.5 Å². The van der Waals surface area contributed by atoms with Crippen LogP contribution in [-0.4, -0.2) is 47.4 Å². The molecule has 2 unspecified atom stereocenters. The van der Waals surface area contributed by atoms with Crippen molar-refractivity contribution in [1.82, 2.24) is 15.5 Å². The number of amides is 3. The van der Waals surface area contributed by atoms with Gasteiger partial charge in [0.25, 0.3) is 0 Å². The van der Waals surface area contributed by atoms with Crippen LogP contribution in [0.5, 0.6) is 5.75 Å². The summed E-state index contributed by atoms with van der Waals surface area (Å²) in [6, 6.07) is 21.3. The van der Waals surface area contributed by atoms with Gasteiger partial charge in [-0.15, -0.1) is 0 Å². The Hall–Kier alpha value is -4.13. The van der Waals surface area contributed by atoms with Crippen LogP contribution in [0.15, 0.2) is 72.8 Å². The molecule has 5 rings (SSSR count). The first-order valence-corrected chi connectivity index (χ1v) is 15.2. The molecule has 0 bridgehead atoms. The van der Waals surface area contributed by atoms with Gasteiger partial charge in [-0.3, -0.25) is 14.4 Å². The lowest BCUT2D eigenvalue weighted by molar-refractivity contribution is -0.158. The third-order valence-corrected chi connectivity index (χ3v) is 8.38. The number of methoxy groups -OCH3 is 1. The Balaban J connectivity index is 1.54. The average molecular weight is 582 g/mol. The summed E-state index contributed by atoms with van der Waals surface area (Å²) in [6.45, 7) is 9.82. The molecule has 1 aliphatic carbocycles. The van der Waals surface area contributed by atoms with E-state index >= 15 is 0 Å². The molecular weight excluding hydrogens is 538 g/mol. The molecule has 0 aromatic heterocycles. The zero-order chi connectivity index (χ0) is 30.9. The minimum Gasteiger partial charge on any atom is -0.497 e. The van der Waals surface area contributed by atoms with Gasteiger partial charge in [-0.2, -0.15) is 0 Å². The number of hydrogen-bond donors (Lipinski definition) is 2. The second kappa shape index (κ2) is 12.2. The smallest absolute Gasteiger partial charge is 0.247 e. The SMILES string of the molecule is COc1ccc(-c2ccc(C(C(=O)NC(C)(C)C)N3C(=O)[C@@H](C4Cc5ccccc5C4)NC(=O)C3CC(C)C)cc2)cc1. The van der Waals surface area contributed by atoms with Gasteiger partial charge in [-0.05, 0) is 91.8 Å². The van der Waals surface area contributed by atoms with Crippen LogP contribution in [0.25, 0.3) is 11.1 Å². The van der Waals surface area contributed by atoms with E-state index in [-0.39, 0.29) is 29.6 Å². The minimum atomic E-state index is -0.960. The number of piperazine rings is 1. The summed E-state index contributed by atoms with van der Waals surface area (Å²) in [5.41, 5.74) is 4.55. The van der Waals surface area contributed by atoms with Crippen LogP contribution in [0.2, 0.25) is 0 Å². The highest BCUT2D eigenvalue weighted by Crippen LogP contribution is 2.36. The van der Waals surface area contributed by atoms with E-state index < -0.39 is 23.7 Å². The van der Waals surface area contributed by atoms with Crippen LogP contribution < -0.4 is 15.4 Å². The lowest BCUT2D eigenvalue weighted by Crippen LogP contribution is -2.67. The van der Waals surface area contributed by atoms with Crippen molar-refractivity contribution in [2.24, 2.45) is 11.8 Å². The third-order valence-electron chi connectivity index (χ3n) is 8.38. The van der Waals surface area contributed by atoms with E-state index in [2.05, 4.69) is 22.8 Å². The number of benzene rings is 3. The zero-order valence-corrected chi connectivity index (χ0v) is 26.0. The van der Waals surface area contributed by atoms with E-state index in [4.69, 9.17) is 4.74 Å². The summed E-state index contributed by atoms with van der Waals surface area (Å²) in [4.78, 5) is 44.1. The Morgan fingerprint density at radius 2 is 1.49 bits per heavy atom. The topological polar surface area (TPSA) is 87.7 Å². The molecule has 1 heterocycles. The first kappa shape index (κ1) is 30.3. The molecule has 3 amide bonds. The number of nitrogens with zero attached hydrogens (tertiary/aromatic N) is 1. The standard InChI is InChI=1S/C36H43N3O4/c1-22(2)19-30-33(40)37-31(28-20-26-9-7-8-10-27(26)21-28)35(42)39(30)32(34(41)38-36(3,4)5)25-13-11-23(12-14-25)24-15-17-29(43-6)18-16-24/h7-18,22,28,30-32H,19-21H2,1-6H3,(H,37,40)(H,38,41)/t30?,31-,32?/m1/s1. The fourth-order valence-corrected chi connectivity index (χ4v) is 6.39. The van der Waals surface area contributed by atoms with E-state index in [0.717, 1.165) is 16.9 Å². The molecule has 1 saturated heterocycles. The van der Waals surface area contributed by atoms with Crippen molar-refractivity contribution in [2.75, 3.05) is 7.11 Å². The normalized spacial score (nSPS) is 19.7. The van der Waals surface area contributed by atoms with E-state index in [9.17, 15) is 14.4 Å². The van der Waals surface area contributed by atoms with Crippen LogP contribution in [0.4, 0.5) is 0 Å². The Bertz CT molecular complexity index is 1450. The molecule has 1 fully saturated rings. The predicted molar refractivity (Wildman–Crippen MR) is 168 cm³/mol. The summed E-state index contributed by atoms with van der Waals surface area (Å²) in [5.74, 6) is 0.156. The third kappa shape index (κ3) is 6.61. The maximum absolute atomic E-state index is 14.6. The number of ether oxygens (including phenoxy) is 1. The maximum Gasteiger partial charge on any atom is 0.247 e. The van der Waals surface area contributed by atoms with Crippen LogP contribution in [-0.2, 0) is 27.2 Å². The van der Waals surface area contributed by atoms with Gasteiger partial charge >= 0.3 is 0 Å². The van der Waals surface area contributed by atoms with Crippen molar-refractivity contribution in [3.63, 3.8) is 0 Å². The largest absolute Gasteiger partial charge is 0.497 e. The van der Waals surface area contributed by atoms with Crippen LogP contribution >= 0.6 is 0 Å². The fraction of sp³-hybridized carbons (Fsp3) is 0.417. The highest BCUT2D eigenvalue weighted by atomic mass is 16.5. The molecule has 3 atom stereocenters. The molecule has 226 valence electrons. The van der Waals surface area contributed by atoms with Crippen LogP contribution in [0, 0.1) is 11.8 Å². The molecule has 1 aliphatic heterocycles. The van der Waals surface area contributed by atoms with Crippen molar-refractivity contribution >= 4 is 17.7 Å². The van der Waals surface area contributed by atoms with Gasteiger partial charge in [0.2, 0.25) is 17.7 Å². The number of nitrogens with one attached hydrogen (secondary N) is 2. The van der Waals surface area contributed by atoms with Gasteiger partial charge in [-0.25, -0.2) is 0 Å². The maximum atomic E-state index is 14.6. The number of rotatable bonds is 8. The highest BCUT2D eigenvalue weighted by Gasteiger charge is 2.49. The molecule has 7 heteroatoms. The Morgan fingerprint density at radius 1 is 0.930 bits per heavy atom. The first-order chi connectivity index (χ1) is 20.4. The molecule has 2 N–H and O–H groups in total. The van der Waals surface area contributed by atoms with E-state index in [1.54, 1.807) is 12.0 Å². The molecule has 2 aliphatic rings. The summed E-state index contributed by atoms with van der Waals surface area (Å²) in [6.07, 6.45) is 1.88. The second-order valence-corrected chi connectivity index (χ2v) is 13.3. The number of hydrogen-bond acceptors (Lipinski definition) is 4. The quantitative estimate of drug-likeness (QED) is 0.369. The Kier molecular flexibility index (Phi) is 8.63. The van der Waals surface area contributed by atoms with Gasteiger partial charge in [0.15, 0.2) is 0 Å². The number of fused-ring (bicyclic) bond motifs is 1. The van der Waals surface area contributed by atoms with Crippen molar-refractivity contribution in [3.8, 4) is 16.9 Å². The van der Waals surface area contributed by atoms with Crippen molar-refractivity contribution in [2.45, 2.75) is 77.5 Å². The fourth-order valence-electron chi connectivity index (χ4n) is 6.39. The van der Waals surface area contributed by atoms with Crippen LogP contribution in [0.3, 0.4) is 0 Å². The molecule has 7 nitrogen and oxygen atoms in total. The number of carbonyl (C=O) groups excluding carboxylic acids is 3. The van der Waals surface area contributed by atoms with Gasteiger partial charge in [0, 0.05) is 5.54 Å². The summed E-state index contributed by atoms with van der Waals surface area (Å²) in [5, 5.41) is 6.19. The second-order valence-electron chi connectivity index (χ2n) is 13.3. The summed E-state index contributed by atoms with van der Waals surface area (Å²) in [7, 11) is 1.64. The van der Waals surface area contributed by atoms with E-state index in [1.165, 1.54) is 11.1 Å². The Morgan fingerprint density at radius 3 is 2.00 bits per heavy atom. The number of carbonyl (C=O) groups is 3. The minimum absolute atomic E-state index is 0.0693. The van der Waals surface area contributed by atoms with Gasteiger partial charge < -0.3 is 20.3 Å². The molecule has 0 spiro atoms.